The van der Waals surface area contributed by atoms with E-state index in [1.807, 2.05) is 72.8 Å². The Kier molecular flexibility index (Phi) is 6.56. The van der Waals surface area contributed by atoms with E-state index in [-0.39, 0.29) is 0 Å². The van der Waals surface area contributed by atoms with Gasteiger partial charge in [-0.15, -0.1) is 0 Å². The zero-order chi connectivity index (χ0) is 33.8. The van der Waals surface area contributed by atoms with Crippen molar-refractivity contribution in [3.63, 3.8) is 0 Å². The first kappa shape index (κ1) is 28.8. The van der Waals surface area contributed by atoms with Gasteiger partial charge in [0.25, 0.3) is 0 Å². The number of hydrogen-bond acceptors (Lipinski definition) is 3. The molecule has 0 bridgehead atoms. The molecule has 0 atom stereocenters. The van der Waals surface area contributed by atoms with Crippen LogP contribution in [0.2, 0.25) is 0 Å². The Hall–Kier alpha value is -7.39. The molecule has 5 nitrogen and oxygen atoms in total. The van der Waals surface area contributed by atoms with Gasteiger partial charge in [-0.1, -0.05) is 91.0 Å². The molecule has 5 heteroatoms. The smallest absolute Gasteiger partial charge is 0.101 e. The van der Waals surface area contributed by atoms with E-state index in [1.54, 1.807) is 0 Å². The van der Waals surface area contributed by atoms with Crippen molar-refractivity contribution >= 4 is 43.6 Å². The van der Waals surface area contributed by atoms with Crippen molar-refractivity contribution in [3.05, 3.63) is 168 Å². The monoisotopic (exact) mass is 635 g/mol. The predicted molar refractivity (Wildman–Crippen MR) is 200 cm³/mol. The quantitative estimate of drug-likeness (QED) is 0.193. The molecule has 0 amide bonds. The van der Waals surface area contributed by atoms with Gasteiger partial charge in [0.2, 0.25) is 0 Å². The molecule has 7 aromatic carbocycles. The van der Waals surface area contributed by atoms with E-state index in [1.165, 1.54) is 0 Å². The molecule has 50 heavy (non-hydrogen) atoms. The SMILES string of the molecule is N#Cc1cccc(-n2c3ccc(C#N)cc3c3cccc(-c4ccccc4-c4ccc5c6ccccc6n(-c6ccccc6C#N)c5c4)c32)c1. The van der Waals surface area contributed by atoms with E-state index in [0.29, 0.717) is 16.7 Å². The van der Waals surface area contributed by atoms with Crippen LogP contribution in [-0.4, -0.2) is 9.13 Å². The molecule has 0 aliphatic carbocycles. The first-order valence-corrected chi connectivity index (χ1v) is 16.3. The minimum absolute atomic E-state index is 0.575. The minimum atomic E-state index is 0.575. The minimum Gasteiger partial charge on any atom is -0.309 e. The van der Waals surface area contributed by atoms with Crippen LogP contribution in [0.4, 0.5) is 0 Å². The Morgan fingerprint density at radius 2 is 1.08 bits per heavy atom. The first-order chi connectivity index (χ1) is 24.7. The summed E-state index contributed by atoms with van der Waals surface area (Å²) in [5, 5.41) is 33.9. The van der Waals surface area contributed by atoms with Crippen molar-refractivity contribution in [2.75, 3.05) is 0 Å². The number of nitriles is 3. The van der Waals surface area contributed by atoms with Gasteiger partial charge in [0.15, 0.2) is 0 Å². The molecule has 9 rings (SSSR count). The maximum atomic E-state index is 10.1. The van der Waals surface area contributed by atoms with Crippen LogP contribution in [0.5, 0.6) is 0 Å². The summed E-state index contributed by atoms with van der Waals surface area (Å²) in [4.78, 5) is 0. The highest BCUT2D eigenvalue weighted by atomic mass is 15.0. The van der Waals surface area contributed by atoms with Crippen molar-refractivity contribution in [1.82, 2.24) is 9.13 Å². The van der Waals surface area contributed by atoms with Gasteiger partial charge in [-0.05, 0) is 77.4 Å². The van der Waals surface area contributed by atoms with Gasteiger partial charge in [0.1, 0.15) is 6.07 Å². The van der Waals surface area contributed by atoms with Gasteiger partial charge in [-0.25, -0.2) is 0 Å². The molecular formula is C45H25N5. The van der Waals surface area contributed by atoms with E-state index in [0.717, 1.165) is 77.2 Å². The van der Waals surface area contributed by atoms with Crippen LogP contribution in [-0.2, 0) is 0 Å². The number of aromatic nitrogens is 2. The number of para-hydroxylation sites is 3. The summed E-state index contributed by atoms with van der Waals surface area (Å²) < 4.78 is 4.40. The largest absolute Gasteiger partial charge is 0.309 e. The fourth-order valence-electron chi connectivity index (χ4n) is 7.47. The van der Waals surface area contributed by atoms with Crippen LogP contribution in [0.15, 0.2) is 152 Å². The lowest BCUT2D eigenvalue weighted by molar-refractivity contribution is 1.17. The fraction of sp³-hybridized carbons (Fsp3) is 0. The zero-order valence-corrected chi connectivity index (χ0v) is 26.7. The highest BCUT2D eigenvalue weighted by Gasteiger charge is 2.20. The maximum Gasteiger partial charge on any atom is 0.101 e. The van der Waals surface area contributed by atoms with E-state index in [2.05, 4.69) is 106 Å². The number of benzene rings is 7. The van der Waals surface area contributed by atoms with Crippen LogP contribution >= 0.6 is 0 Å². The summed E-state index contributed by atoms with van der Waals surface area (Å²) in [6.07, 6.45) is 0. The topological polar surface area (TPSA) is 81.2 Å². The molecule has 0 radical (unpaired) electrons. The van der Waals surface area contributed by atoms with E-state index < -0.39 is 0 Å². The molecule has 2 heterocycles. The first-order valence-electron chi connectivity index (χ1n) is 16.3. The molecule has 0 saturated heterocycles. The second kappa shape index (κ2) is 11.4. The second-order valence-corrected chi connectivity index (χ2v) is 12.3. The van der Waals surface area contributed by atoms with Gasteiger partial charge in [-0.3, -0.25) is 0 Å². The Morgan fingerprint density at radius 1 is 0.400 bits per heavy atom. The van der Waals surface area contributed by atoms with Crippen molar-refractivity contribution in [1.29, 1.82) is 15.8 Å². The lowest BCUT2D eigenvalue weighted by Crippen LogP contribution is -1.98. The molecule has 0 aliphatic rings. The molecule has 2 aromatic heterocycles. The summed E-state index contributed by atoms with van der Waals surface area (Å²) in [6.45, 7) is 0. The highest BCUT2D eigenvalue weighted by Crippen LogP contribution is 2.43. The fourth-order valence-corrected chi connectivity index (χ4v) is 7.47. The number of hydrogen-bond donors (Lipinski definition) is 0. The predicted octanol–water partition coefficient (Wildman–Crippen LogP) is 10.8. The van der Waals surface area contributed by atoms with Gasteiger partial charge < -0.3 is 9.13 Å². The van der Waals surface area contributed by atoms with Gasteiger partial charge >= 0.3 is 0 Å². The highest BCUT2D eigenvalue weighted by molar-refractivity contribution is 6.15. The summed E-state index contributed by atoms with van der Waals surface area (Å²) in [7, 11) is 0. The molecular weight excluding hydrogens is 611 g/mol. The van der Waals surface area contributed by atoms with Crippen LogP contribution in [0, 0.1) is 34.0 Å². The maximum absolute atomic E-state index is 10.1. The molecule has 0 spiro atoms. The third-order valence-electron chi connectivity index (χ3n) is 9.62. The number of nitrogens with zero attached hydrogens (tertiary/aromatic N) is 5. The van der Waals surface area contributed by atoms with Gasteiger partial charge in [-0.2, -0.15) is 15.8 Å². The van der Waals surface area contributed by atoms with Gasteiger partial charge in [0, 0.05) is 32.8 Å². The van der Waals surface area contributed by atoms with Crippen LogP contribution in [0.1, 0.15) is 16.7 Å². The molecule has 0 N–H and O–H groups in total. The van der Waals surface area contributed by atoms with E-state index in [4.69, 9.17) is 0 Å². The molecule has 0 saturated carbocycles. The van der Waals surface area contributed by atoms with Crippen molar-refractivity contribution in [3.8, 4) is 51.8 Å². The standard InChI is InChI=1S/C45H25N5/c46-26-29-9-7-11-33(23-29)49-43-22-19-30(27-47)24-40(43)39-16-8-15-38(45(39)49)35-13-3-2-12-34(35)31-20-21-37-36-14-4-6-18-42(36)50(44(37)25-31)41-17-5-1-10-32(41)28-48/h1-25H. The Bertz CT molecular complexity index is 2970. The molecule has 0 fully saturated rings. The lowest BCUT2D eigenvalue weighted by atomic mass is 9.92. The van der Waals surface area contributed by atoms with Gasteiger partial charge in [0.05, 0.1) is 56.6 Å². The Labute approximate surface area is 287 Å². The molecule has 0 unspecified atom stereocenters. The third kappa shape index (κ3) is 4.31. The van der Waals surface area contributed by atoms with Crippen molar-refractivity contribution in [2.45, 2.75) is 0 Å². The average Bonchev–Trinajstić information content (AvgIpc) is 3.70. The molecule has 9 aromatic rings. The van der Waals surface area contributed by atoms with E-state index >= 15 is 0 Å². The Morgan fingerprint density at radius 3 is 1.94 bits per heavy atom. The molecule has 0 aliphatic heterocycles. The summed E-state index contributed by atoms with van der Waals surface area (Å²) in [5.74, 6) is 0. The van der Waals surface area contributed by atoms with Crippen LogP contribution in [0.3, 0.4) is 0 Å². The summed E-state index contributed by atoms with van der Waals surface area (Å²) in [5.41, 5.74) is 11.7. The summed E-state index contributed by atoms with van der Waals surface area (Å²) in [6, 6.07) is 57.8. The normalized spacial score (nSPS) is 11.1. The van der Waals surface area contributed by atoms with Crippen LogP contribution in [0.25, 0.3) is 77.2 Å². The third-order valence-corrected chi connectivity index (χ3v) is 9.62. The zero-order valence-electron chi connectivity index (χ0n) is 26.7. The van der Waals surface area contributed by atoms with E-state index in [9.17, 15) is 15.8 Å². The average molecular weight is 636 g/mol. The summed E-state index contributed by atoms with van der Waals surface area (Å²) >= 11 is 0. The number of rotatable bonds is 4. The van der Waals surface area contributed by atoms with Crippen LogP contribution < -0.4 is 0 Å². The molecule has 230 valence electrons. The van der Waals surface area contributed by atoms with Crippen molar-refractivity contribution < 1.29 is 0 Å². The second-order valence-electron chi connectivity index (χ2n) is 12.3. The van der Waals surface area contributed by atoms with Crippen molar-refractivity contribution in [2.24, 2.45) is 0 Å². The Balaban J connectivity index is 1.34. The lowest BCUT2D eigenvalue weighted by Gasteiger charge is -2.15. The number of fused-ring (bicyclic) bond motifs is 6.